The molecule has 2 aliphatic rings. The van der Waals surface area contributed by atoms with E-state index in [4.69, 9.17) is 0 Å². The van der Waals surface area contributed by atoms with E-state index in [0.29, 0.717) is 11.7 Å². The van der Waals surface area contributed by atoms with Gasteiger partial charge in [-0.05, 0) is 50.5 Å². The van der Waals surface area contributed by atoms with E-state index in [9.17, 15) is 4.79 Å². The van der Waals surface area contributed by atoms with Gasteiger partial charge in [-0.3, -0.25) is 4.79 Å². The summed E-state index contributed by atoms with van der Waals surface area (Å²) in [5.41, 5.74) is 4.74. The van der Waals surface area contributed by atoms with Crippen molar-refractivity contribution in [3.8, 4) is 0 Å². The lowest BCUT2D eigenvalue weighted by atomic mass is 9.59. The summed E-state index contributed by atoms with van der Waals surface area (Å²) in [5.74, 6) is 0.829. The van der Waals surface area contributed by atoms with Gasteiger partial charge in [-0.15, -0.1) is 0 Å². The van der Waals surface area contributed by atoms with Crippen molar-refractivity contribution in [2.45, 2.75) is 53.4 Å². The quantitative estimate of drug-likeness (QED) is 0.561. The summed E-state index contributed by atoms with van der Waals surface area (Å²) >= 11 is 0. The predicted octanol–water partition coefficient (Wildman–Crippen LogP) is 4.05. The molecular formula is C15H22O. The van der Waals surface area contributed by atoms with Gasteiger partial charge in [-0.2, -0.15) is 0 Å². The van der Waals surface area contributed by atoms with Gasteiger partial charge in [0.05, 0.1) is 0 Å². The Bertz CT molecular complexity index is 382. The molecule has 1 fully saturated rings. The maximum atomic E-state index is 11.6. The van der Waals surface area contributed by atoms with Gasteiger partial charge in [0.15, 0.2) is 5.78 Å². The SMILES string of the molecule is CC(C)=C1CCC2=CC(=O)C[C@@H](C)[C@@]2(C)C1. The summed E-state index contributed by atoms with van der Waals surface area (Å²) in [4.78, 5) is 11.6. The van der Waals surface area contributed by atoms with Gasteiger partial charge in [0.2, 0.25) is 0 Å². The normalized spacial score (nSPS) is 34.5. The molecule has 2 rings (SSSR count). The molecule has 0 aromatic carbocycles. The summed E-state index contributed by atoms with van der Waals surface area (Å²) in [6.07, 6.45) is 6.07. The lowest BCUT2D eigenvalue weighted by Crippen LogP contribution is -2.36. The smallest absolute Gasteiger partial charge is 0.155 e. The van der Waals surface area contributed by atoms with Crippen molar-refractivity contribution in [2.24, 2.45) is 11.3 Å². The monoisotopic (exact) mass is 218 g/mol. The Kier molecular flexibility index (Phi) is 2.81. The van der Waals surface area contributed by atoms with Gasteiger partial charge in [-0.1, -0.05) is 30.6 Å². The van der Waals surface area contributed by atoms with E-state index >= 15 is 0 Å². The number of carbonyl (C=O) groups excluding carboxylic acids is 1. The molecule has 0 aromatic rings. The minimum absolute atomic E-state index is 0.249. The van der Waals surface area contributed by atoms with E-state index in [2.05, 4.69) is 27.7 Å². The van der Waals surface area contributed by atoms with Crippen LogP contribution in [0.2, 0.25) is 0 Å². The zero-order valence-electron chi connectivity index (χ0n) is 10.9. The summed E-state index contributed by atoms with van der Waals surface area (Å²) in [5, 5.41) is 0. The number of carbonyl (C=O) groups is 1. The van der Waals surface area contributed by atoms with Crippen molar-refractivity contribution in [2.75, 3.05) is 0 Å². The first-order valence-corrected chi connectivity index (χ1v) is 6.32. The van der Waals surface area contributed by atoms with Crippen molar-refractivity contribution in [1.29, 1.82) is 0 Å². The minimum Gasteiger partial charge on any atom is -0.295 e. The largest absolute Gasteiger partial charge is 0.295 e. The lowest BCUT2D eigenvalue weighted by molar-refractivity contribution is -0.117. The molecule has 1 nitrogen and oxygen atoms in total. The van der Waals surface area contributed by atoms with E-state index in [0.717, 1.165) is 25.7 Å². The van der Waals surface area contributed by atoms with Crippen molar-refractivity contribution in [1.82, 2.24) is 0 Å². The number of allylic oxidation sites excluding steroid dienone is 4. The number of rotatable bonds is 0. The molecule has 0 aliphatic heterocycles. The van der Waals surface area contributed by atoms with Crippen LogP contribution in [0.5, 0.6) is 0 Å². The van der Waals surface area contributed by atoms with Crippen LogP contribution in [0.4, 0.5) is 0 Å². The molecule has 0 aromatic heterocycles. The Morgan fingerprint density at radius 2 is 2.06 bits per heavy atom. The number of fused-ring (bicyclic) bond motifs is 1. The Morgan fingerprint density at radius 1 is 1.38 bits per heavy atom. The molecule has 0 saturated heterocycles. The average molecular weight is 218 g/mol. The highest BCUT2D eigenvalue weighted by Gasteiger charge is 2.41. The van der Waals surface area contributed by atoms with E-state index < -0.39 is 0 Å². The highest BCUT2D eigenvalue weighted by molar-refractivity contribution is 5.92. The third-order valence-corrected chi connectivity index (χ3v) is 4.65. The van der Waals surface area contributed by atoms with Crippen LogP contribution in [0.1, 0.15) is 53.4 Å². The first-order valence-electron chi connectivity index (χ1n) is 6.32. The fourth-order valence-corrected chi connectivity index (χ4v) is 3.15. The molecule has 0 heterocycles. The lowest BCUT2D eigenvalue weighted by Gasteiger charge is -2.45. The molecule has 1 saturated carbocycles. The molecular weight excluding hydrogens is 196 g/mol. The standard InChI is InChI=1S/C15H22O/c1-10(2)12-5-6-13-8-14(16)7-11(3)15(13,4)9-12/h8,11H,5-7,9H2,1-4H3/t11-,15-/m1/s1. The second kappa shape index (κ2) is 3.87. The average Bonchev–Trinajstić information content (AvgIpc) is 2.19. The van der Waals surface area contributed by atoms with Gasteiger partial charge >= 0.3 is 0 Å². The minimum atomic E-state index is 0.249. The van der Waals surface area contributed by atoms with Crippen LogP contribution in [-0.2, 0) is 4.79 Å². The Labute approximate surface area is 98.6 Å². The maximum absolute atomic E-state index is 11.6. The van der Waals surface area contributed by atoms with Crippen molar-refractivity contribution < 1.29 is 4.79 Å². The number of hydrogen-bond acceptors (Lipinski definition) is 1. The summed E-state index contributed by atoms with van der Waals surface area (Å²) in [6, 6.07) is 0. The van der Waals surface area contributed by atoms with Gasteiger partial charge in [0.25, 0.3) is 0 Å². The second-order valence-corrected chi connectivity index (χ2v) is 5.94. The highest BCUT2D eigenvalue weighted by atomic mass is 16.1. The van der Waals surface area contributed by atoms with Gasteiger partial charge < -0.3 is 0 Å². The van der Waals surface area contributed by atoms with E-state index in [1.807, 2.05) is 6.08 Å². The predicted molar refractivity (Wildman–Crippen MR) is 67.2 cm³/mol. The maximum Gasteiger partial charge on any atom is 0.155 e. The molecule has 1 heteroatoms. The fraction of sp³-hybridized carbons (Fsp3) is 0.667. The number of ketones is 1. The molecule has 0 radical (unpaired) electrons. The Balaban J connectivity index is 2.38. The molecule has 0 spiro atoms. The first kappa shape index (κ1) is 11.6. The topological polar surface area (TPSA) is 17.1 Å². The van der Waals surface area contributed by atoms with Crippen LogP contribution in [0, 0.1) is 11.3 Å². The molecule has 0 amide bonds. The molecule has 0 N–H and O–H groups in total. The van der Waals surface area contributed by atoms with Gasteiger partial charge in [0, 0.05) is 6.42 Å². The summed E-state index contributed by atoms with van der Waals surface area (Å²) in [7, 11) is 0. The van der Waals surface area contributed by atoms with Crippen molar-refractivity contribution in [3.63, 3.8) is 0 Å². The van der Waals surface area contributed by atoms with E-state index in [1.165, 1.54) is 11.1 Å². The van der Waals surface area contributed by atoms with Crippen LogP contribution < -0.4 is 0 Å². The van der Waals surface area contributed by atoms with Crippen LogP contribution in [0.3, 0.4) is 0 Å². The fourth-order valence-electron chi connectivity index (χ4n) is 3.15. The molecule has 16 heavy (non-hydrogen) atoms. The Morgan fingerprint density at radius 3 is 2.69 bits per heavy atom. The van der Waals surface area contributed by atoms with Gasteiger partial charge in [-0.25, -0.2) is 0 Å². The van der Waals surface area contributed by atoms with Crippen LogP contribution in [0.25, 0.3) is 0 Å². The molecule has 2 aliphatic carbocycles. The van der Waals surface area contributed by atoms with E-state index in [-0.39, 0.29) is 5.41 Å². The third-order valence-electron chi connectivity index (χ3n) is 4.65. The third kappa shape index (κ3) is 1.77. The van der Waals surface area contributed by atoms with Crippen LogP contribution >= 0.6 is 0 Å². The highest BCUT2D eigenvalue weighted by Crippen LogP contribution is 2.51. The molecule has 0 unspecified atom stereocenters. The van der Waals surface area contributed by atoms with Crippen LogP contribution in [0.15, 0.2) is 22.8 Å². The summed E-state index contributed by atoms with van der Waals surface area (Å²) in [6.45, 7) is 9.01. The van der Waals surface area contributed by atoms with Crippen LogP contribution in [-0.4, -0.2) is 5.78 Å². The van der Waals surface area contributed by atoms with Crippen molar-refractivity contribution >= 4 is 5.78 Å². The first-order chi connectivity index (χ1) is 7.43. The second-order valence-electron chi connectivity index (χ2n) is 5.94. The zero-order valence-corrected chi connectivity index (χ0v) is 10.9. The molecule has 2 atom stereocenters. The van der Waals surface area contributed by atoms with Gasteiger partial charge in [0.1, 0.15) is 0 Å². The zero-order chi connectivity index (χ0) is 11.9. The number of hydrogen-bond donors (Lipinski definition) is 0. The molecule has 88 valence electrons. The summed E-state index contributed by atoms with van der Waals surface area (Å²) < 4.78 is 0. The Hall–Kier alpha value is -0.850. The van der Waals surface area contributed by atoms with Crippen molar-refractivity contribution in [3.05, 3.63) is 22.8 Å². The molecule has 0 bridgehead atoms. The van der Waals surface area contributed by atoms with E-state index in [1.54, 1.807) is 5.57 Å².